The maximum Gasteiger partial charge on any atom is 0.338 e. The molecule has 0 amide bonds. The van der Waals surface area contributed by atoms with Crippen molar-refractivity contribution in [3.63, 3.8) is 0 Å². The molecule has 0 radical (unpaired) electrons. The minimum absolute atomic E-state index is 0.361. The fraction of sp³-hybridized carbons (Fsp3) is 0.500. The number of aromatic nitrogens is 1. The molecule has 122 valence electrons. The molecule has 0 unspecified atom stereocenters. The van der Waals surface area contributed by atoms with Gasteiger partial charge in [0.2, 0.25) is 0 Å². The van der Waals surface area contributed by atoms with Gasteiger partial charge in [0.25, 0.3) is 0 Å². The molecule has 0 atom stereocenters. The average Bonchev–Trinajstić information content (AvgIpc) is 2.43. The smallest absolute Gasteiger partial charge is 0.338 e. The normalized spacial score (nSPS) is 12.0. The maximum absolute atomic E-state index is 12.2. The second kappa shape index (κ2) is 6.43. The quantitative estimate of drug-likeness (QED) is 0.813. The lowest BCUT2D eigenvalue weighted by molar-refractivity contribution is -0.140. The van der Waals surface area contributed by atoms with Gasteiger partial charge in [0, 0.05) is 6.20 Å². The van der Waals surface area contributed by atoms with Crippen molar-refractivity contribution in [1.82, 2.24) is 4.98 Å². The van der Waals surface area contributed by atoms with Crippen LogP contribution in [0, 0.1) is 0 Å². The molecule has 0 aliphatic heterocycles. The number of ether oxygens (including phenoxy) is 1. The third-order valence-electron chi connectivity index (χ3n) is 3.04. The molecule has 0 fully saturated rings. The Hall–Kier alpha value is -1.96. The zero-order chi connectivity index (χ0) is 17.1. The van der Waals surface area contributed by atoms with E-state index in [1.54, 1.807) is 0 Å². The van der Waals surface area contributed by atoms with Gasteiger partial charge in [0.15, 0.2) is 14.9 Å². The Bertz CT molecular complexity index is 688. The molecule has 0 aromatic carbocycles. The summed E-state index contributed by atoms with van der Waals surface area (Å²) in [6, 6.07) is 1.31. The predicted octanol–water partition coefficient (Wildman–Crippen LogP) is 1.41. The van der Waals surface area contributed by atoms with Crippen LogP contribution in [-0.4, -0.2) is 43.3 Å². The Morgan fingerprint density at radius 1 is 1.32 bits per heavy atom. The van der Waals surface area contributed by atoms with E-state index in [4.69, 9.17) is 0 Å². The Labute approximate surface area is 129 Å². The van der Waals surface area contributed by atoms with Gasteiger partial charge < -0.3 is 9.84 Å². The van der Waals surface area contributed by atoms with E-state index >= 15 is 0 Å². The molecular formula is C14H19NO6S. The molecular weight excluding hydrogens is 310 g/mol. The van der Waals surface area contributed by atoms with Crippen LogP contribution in [0.2, 0.25) is 0 Å². The van der Waals surface area contributed by atoms with Crippen molar-refractivity contribution >= 4 is 21.8 Å². The second-order valence-corrected chi connectivity index (χ2v) is 7.80. The Morgan fingerprint density at radius 2 is 1.91 bits per heavy atom. The number of sulfone groups is 1. The molecule has 0 bridgehead atoms. The molecule has 0 aliphatic carbocycles. The first-order chi connectivity index (χ1) is 9.99. The average molecular weight is 329 g/mol. The summed E-state index contributed by atoms with van der Waals surface area (Å²) in [6.07, 6.45) is 0.984. The van der Waals surface area contributed by atoms with Crippen LogP contribution >= 0.6 is 0 Å². The van der Waals surface area contributed by atoms with Gasteiger partial charge in [-0.1, -0.05) is 20.8 Å². The van der Waals surface area contributed by atoms with Crippen molar-refractivity contribution in [1.29, 1.82) is 0 Å². The van der Waals surface area contributed by atoms with Crippen molar-refractivity contribution in [2.24, 2.45) is 0 Å². The first-order valence-corrected chi connectivity index (χ1v) is 8.17. The first kappa shape index (κ1) is 18.1. The summed E-state index contributed by atoms with van der Waals surface area (Å²) >= 11 is 0. The zero-order valence-corrected chi connectivity index (χ0v) is 13.7. The predicted molar refractivity (Wildman–Crippen MR) is 78.6 cm³/mol. The molecule has 0 spiro atoms. The number of carbonyl (C=O) groups is 2. The zero-order valence-electron chi connectivity index (χ0n) is 12.9. The van der Waals surface area contributed by atoms with Crippen molar-refractivity contribution in [2.45, 2.75) is 37.6 Å². The Balaban J connectivity index is 3.29. The third-order valence-corrected chi connectivity index (χ3v) is 4.70. The highest BCUT2D eigenvalue weighted by molar-refractivity contribution is 7.91. The van der Waals surface area contributed by atoms with E-state index in [1.807, 2.05) is 20.8 Å². The summed E-state index contributed by atoms with van der Waals surface area (Å²) < 4.78 is 28.8. The summed E-state index contributed by atoms with van der Waals surface area (Å²) in [7, 11) is -2.85. The van der Waals surface area contributed by atoms with Crippen LogP contribution in [0.4, 0.5) is 0 Å². The number of carboxylic acids is 1. The van der Waals surface area contributed by atoms with E-state index in [2.05, 4.69) is 9.72 Å². The molecule has 1 aromatic rings. The number of hydrogen-bond acceptors (Lipinski definition) is 6. The van der Waals surface area contributed by atoms with E-state index in [0.29, 0.717) is 5.56 Å². The fourth-order valence-electron chi connectivity index (χ4n) is 1.68. The molecule has 22 heavy (non-hydrogen) atoms. The van der Waals surface area contributed by atoms with Gasteiger partial charge >= 0.3 is 11.9 Å². The summed E-state index contributed by atoms with van der Waals surface area (Å²) in [4.78, 5) is 26.2. The van der Waals surface area contributed by atoms with Crippen LogP contribution in [0.1, 0.15) is 43.1 Å². The number of methoxy groups -OCH3 is 1. The van der Waals surface area contributed by atoms with Crippen LogP contribution in [0.25, 0.3) is 0 Å². The number of hydrogen-bond donors (Lipinski definition) is 1. The topological polar surface area (TPSA) is 111 Å². The van der Waals surface area contributed by atoms with Crippen LogP contribution < -0.4 is 0 Å². The minimum Gasteiger partial charge on any atom is -0.478 e. The summed E-state index contributed by atoms with van der Waals surface area (Å²) in [6.45, 7) is 5.59. The van der Waals surface area contributed by atoms with Gasteiger partial charge in [-0.15, -0.1) is 0 Å². The van der Waals surface area contributed by atoms with E-state index in [1.165, 1.54) is 12.3 Å². The van der Waals surface area contributed by atoms with Gasteiger partial charge in [-0.25, -0.2) is 18.2 Å². The molecule has 8 heteroatoms. The van der Waals surface area contributed by atoms with Crippen LogP contribution in [-0.2, 0) is 24.8 Å². The number of rotatable bonds is 5. The van der Waals surface area contributed by atoms with Crippen LogP contribution in [0.5, 0.6) is 0 Å². The third kappa shape index (κ3) is 4.27. The van der Waals surface area contributed by atoms with Crippen molar-refractivity contribution in [3.05, 3.63) is 23.4 Å². The highest BCUT2D eigenvalue weighted by Gasteiger charge is 2.27. The van der Waals surface area contributed by atoms with E-state index < -0.39 is 38.1 Å². The Kier molecular flexibility index (Phi) is 5.29. The SMILES string of the molecule is COC(=O)CCS(=O)(=O)c1ncc(C(C)(C)C)cc1C(=O)O. The van der Waals surface area contributed by atoms with Gasteiger partial charge in [0.05, 0.1) is 24.8 Å². The van der Waals surface area contributed by atoms with E-state index in [-0.39, 0.29) is 11.8 Å². The lowest BCUT2D eigenvalue weighted by Crippen LogP contribution is -2.20. The minimum atomic E-state index is -4.00. The summed E-state index contributed by atoms with van der Waals surface area (Å²) in [5, 5.41) is 8.72. The number of pyridine rings is 1. The van der Waals surface area contributed by atoms with Gasteiger partial charge in [-0.3, -0.25) is 4.79 Å². The fourth-order valence-corrected chi connectivity index (χ4v) is 3.00. The Morgan fingerprint density at radius 3 is 2.36 bits per heavy atom. The van der Waals surface area contributed by atoms with Gasteiger partial charge in [-0.05, 0) is 17.0 Å². The number of carbonyl (C=O) groups excluding carboxylic acids is 1. The summed E-state index contributed by atoms with van der Waals surface area (Å²) in [5.41, 5.74) is -0.153. The van der Waals surface area contributed by atoms with Crippen molar-refractivity contribution in [2.75, 3.05) is 12.9 Å². The van der Waals surface area contributed by atoms with E-state index in [0.717, 1.165) is 7.11 Å². The molecule has 0 aliphatic rings. The first-order valence-electron chi connectivity index (χ1n) is 6.52. The number of carboxylic acid groups (broad SMARTS) is 1. The standard InChI is InChI=1S/C14H19NO6S/c1-14(2,3)9-7-10(13(17)18)12(15-8-9)22(19,20)6-5-11(16)21-4/h7-8H,5-6H2,1-4H3,(H,17,18). The molecule has 1 N–H and O–H groups in total. The maximum atomic E-state index is 12.2. The van der Waals surface area contributed by atoms with E-state index in [9.17, 15) is 23.1 Å². The lowest BCUT2D eigenvalue weighted by Gasteiger charge is -2.19. The monoisotopic (exact) mass is 329 g/mol. The highest BCUT2D eigenvalue weighted by Crippen LogP contribution is 2.25. The number of esters is 1. The van der Waals surface area contributed by atoms with Crippen molar-refractivity contribution in [3.8, 4) is 0 Å². The van der Waals surface area contributed by atoms with Gasteiger partial charge in [-0.2, -0.15) is 0 Å². The number of nitrogens with zero attached hydrogens (tertiary/aromatic N) is 1. The molecule has 0 saturated heterocycles. The molecule has 1 aromatic heterocycles. The second-order valence-electron chi connectivity index (χ2n) is 5.78. The van der Waals surface area contributed by atoms with Crippen LogP contribution in [0.3, 0.4) is 0 Å². The highest BCUT2D eigenvalue weighted by atomic mass is 32.2. The van der Waals surface area contributed by atoms with Crippen LogP contribution in [0.15, 0.2) is 17.3 Å². The molecule has 0 saturated carbocycles. The van der Waals surface area contributed by atoms with Gasteiger partial charge in [0.1, 0.15) is 0 Å². The summed E-state index contributed by atoms with van der Waals surface area (Å²) in [5.74, 6) is -2.62. The number of aromatic carboxylic acids is 1. The lowest BCUT2D eigenvalue weighted by atomic mass is 9.88. The van der Waals surface area contributed by atoms with Crippen molar-refractivity contribution < 1.29 is 27.9 Å². The largest absolute Gasteiger partial charge is 0.478 e. The molecule has 7 nitrogen and oxygen atoms in total. The molecule has 1 rings (SSSR count). The molecule has 1 heterocycles.